The summed E-state index contributed by atoms with van der Waals surface area (Å²) in [6.07, 6.45) is 5.88. The van der Waals surface area contributed by atoms with Crippen LogP contribution in [-0.2, 0) is 11.2 Å². The molecule has 2 saturated heterocycles. The van der Waals surface area contributed by atoms with E-state index in [1.165, 1.54) is 18.3 Å². The van der Waals surface area contributed by atoms with Crippen LogP contribution in [0.25, 0.3) is 0 Å². The number of rotatable bonds is 4. The largest absolute Gasteiger partial charge is 0.335 e. The van der Waals surface area contributed by atoms with E-state index in [9.17, 15) is 23.6 Å². The summed E-state index contributed by atoms with van der Waals surface area (Å²) in [6.45, 7) is 1.06. The molecule has 3 N–H and O–H groups in total. The molecule has 5 rings (SSSR count). The second kappa shape index (κ2) is 10.6. The summed E-state index contributed by atoms with van der Waals surface area (Å²) in [5.41, 5.74) is 6.53. The third-order valence-electron chi connectivity index (χ3n) is 7.73. The molecule has 3 unspecified atom stereocenters. The maximum absolute atomic E-state index is 14.7. The number of nitrogens with zero attached hydrogens (tertiary/aromatic N) is 2. The summed E-state index contributed by atoms with van der Waals surface area (Å²) in [5.74, 6) is -1.05. The molecule has 2 aromatic rings. The van der Waals surface area contributed by atoms with Gasteiger partial charge in [0, 0.05) is 44.3 Å². The molecule has 1 aromatic heterocycles. The SMILES string of the molecule is O=C1NNC(Cc2ccc(F)c(C(=O)N3CCN(C(=O)c4c[nH]c(=O)c(Cl)c4)CC3)c2)C2CCCCC12. The Morgan fingerprint density at radius 1 is 1.00 bits per heavy atom. The highest BCUT2D eigenvalue weighted by Crippen LogP contribution is 2.35. The first-order valence-corrected chi connectivity index (χ1v) is 13.0. The lowest BCUT2D eigenvalue weighted by atomic mass is 9.72. The number of carbonyl (C=O) groups is 3. The molecule has 3 amide bonds. The van der Waals surface area contributed by atoms with Crippen LogP contribution < -0.4 is 16.4 Å². The molecule has 196 valence electrons. The van der Waals surface area contributed by atoms with Crippen molar-refractivity contribution in [3.63, 3.8) is 0 Å². The van der Waals surface area contributed by atoms with Crippen molar-refractivity contribution in [3.05, 3.63) is 68.3 Å². The second-order valence-corrected chi connectivity index (χ2v) is 10.4. The van der Waals surface area contributed by atoms with Crippen molar-refractivity contribution in [1.82, 2.24) is 25.6 Å². The molecular formula is C26H29ClFN5O4. The fourth-order valence-electron chi connectivity index (χ4n) is 5.69. The molecule has 1 aromatic carbocycles. The Hall–Kier alpha value is -3.24. The average molecular weight is 530 g/mol. The van der Waals surface area contributed by atoms with E-state index < -0.39 is 17.3 Å². The van der Waals surface area contributed by atoms with Crippen molar-refractivity contribution < 1.29 is 18.8 Å². The Kier molecular flexibility index (Phi) is 7.30. The first-order valence-electron chi connectivity index (χ1n) is 12.6. The van der Waals surface area contributed by atoms with Gasteiger partial charge in [-0.05, 0) is 48.9 Å². The molecule has 2 aliphatic heterocycles. The second-order valence-electron chi connectivity index (χ2n) is 9.96. The third kappa shape index (κ3) is 5.26. The van der Waals surface area contributed by atoms with E-state index in [0.717, 1.165) is 31.2 Å². The summed E-state index contributed by atoms with van der Waals surface area (Å²) in [7, 11) is 0. The number of hydrogen-bond donors (Lipinski definition) is 3. The number of amides is 3. The van der Waals surface area contributed by atoms with Crippen LogP contribution in [0.5, 0.6) is 0 Å². The standard InChI is InChI=1S/C26H29ClFN5O4/c27-20-13-16(14-29-24(20)35)25(36)32-7-9-33(10-8-32)26(37)19-11-15(5-6-21(19)28)12-22-17-3-1-2-4-18(17)23(34)31-30-22/h5-6,11,13-14,17-18,22,30H,1-4,7-10,12H2,(H,29,35)(H,31,34). The maximum Gasteiger partial charge on any atom is 0.266 e. The molecule has 37 heavy (non-hydrogen) atoms. The molecule has 0 radical (unpaired) electrons. The van der Waals surface area contributed by atoms with Gasteiger partial charge in [-0.2, -0.15) is 0 Å². The topological polar surface area (TPSA) is 115 Å². The summed E-state index contributed by atoms with van der Waals surface area (Å²) in [5, 5.41) is -0.0696. The molecule has 0 spiro atoms. The number of piperazine rings is 1. The highest BCUT2D eigenvalue weighted by Gasteiger charge is 2.40. The molecule has 1 saturated carbocycles. The zero-order valence-corrected chi connectivity index (χ0v) is 21.0. The summed E-state index contributed by atoms with van der Waals surface area (Å²) < 4.78 is 14.7. The smallest absolute Gasteiger partial charge is 0.266 e. The zero-order valence-electron chi connectivity index (χ0n) is 20.3. The number of pyridine rings is 1. The Morgan fingerprint density at radius 2 is 1.70 bits per heavy atom. The first kappa shape index (κ1) is 25.4. The van der Waals surface area contributed by atoms with Gasteiger partial charge in [0.1, 0.15) is 10.8 Å². The Labute approximate surface area is 218 Å². The minimum absolute atomic E-state index is 0.00438. The number of aromatic nitrogens is 1. The Balaban J connectivity index is 1.24. The quantitative estimate of drug-likeness (QED) is 0.561. The number of benzene rings is 1. The van der Waals surface area contributed by atoms with Crippen LogP contribution in [0.1, 0.15) is 52.0 Å². The minimum Gasteiger partial charge on any atom is -0.335 e. The first-order chi connectivity index (χ1) is 17.8. The molecule has 3 fully saturated rings. The number of H-pyrrole nitrogens is 1. The van der Waals surface area contributed by atoms with Crippen LogP contribution in [0.3, 0.4) is 0 Å². The van der Waals surface area contributed by atoms with Gasteiger partial charge in [0.15, 0.2) is 0 Å². The van der Waals surface area contributed by atoms with Crippen LogP contribution in [0, 0.1) is 17.7 Å². The van der Waals surface area contributed by atoms with Crippen LogP contribution in [-0.4, -0.2) is 64.7 Å². The third-order valence-corrected chi connectivity index (χ3v) is 8.01. The van der Waals surface area contributed by atoms with Crippen LogP contribution in [0.2, 0.25) is 5.02 Å². The molecule has 1 aliphatic carbocycles. The lowest BCUT2D eigenvalue weighted by molar-refractivity contribution is -0.133. The fraction of sp³-hybridized carbons (Fsp3) is 0.462. The van der Waals surface area contributed by atoms with E-state index in [2.05, 4.69) is 15.8 Å². The van der Waals surface area contributed by atoms with Gasteiger partial charge in [-0.3, -0.25) is 24.6 Å². The highest BCUT2D eigenvalue weighted by atomic mass is 35.5. The average Bonchev–Trinajstić information content (AvgIpc) is 2.92. The van der Waals surface area contributed by atoms with Crippen LogP contribution in [0.15, 0.2) is 35.3 Å². The predicted octanol–water partition coefficient (Wildman–Crippen LogP) is 2.12. The monoisotopic (exact) mass is 529 g/mol. The molecule has 9 nitrogen and oxygen atoms in total. The summed E-state index contributed by atoms with van der Waals surface area (Å²) in [6, 6.07) is 5.96. The van der Waals surface area contributed by atoms with Crippen molar-refractivity contribution in [2.24, 2.45) is 11.8 Å². The van der Waals surface area contributed by atoms with Gasteiger partial charge in [0.2, 0.25) is 5.91 Å². The van der Waals surface area contributed by atoms with Crippen molar-refractivity contribution in [2.45, 2.75) is 38.1 Å². The highest BCUT2D eigenvalue weighted by molar-refractivity contribution is 6.30. The normalized spacial score (nSPS) is 23.8. The molecule has 3 aliphatic rings. The van der Waals surface area contributed by atoms with E-state index >= 15 is 0 Å². The molecular weight excluding hydrogens is 501 g/mol. The lowest BCUT2D eigenvalue weighted by Gasteiger charge is -2.41. The fourth-order valence-corrected chi connectivity index (χ4v) is 5.87. The van der Waals surface area contributed by atoms with Crippen LogP contribution >= 0.6 is 11.6 Å². The lowest BCUT2D eigenvalue weighted by Crippen LogP contribution is -2.60. The molecule has 3 heterocycles. The number of hydrazine groups is 1. The van der Waals surface area contributed by atoms with Gasteiger partial charge in [-0.15, -0.1) is 0 Å². The Morgan fingerprint density at radius 3 is 2.43 bits per heavy atom. The van der Waals surface area contributed by atoms with Gasteiger partial charge in [0.05, 0.1) is 11.1 Å². The predicted molar refractivity (Wildman–Crippen MR) is 134 cm³/mol. The summed E-state index contributed by atoms with van der Waals surface area (Å²) in [4.78, 5) is 55.2. The van der Waals surface area contributed by atoms with Crippen molar-refractivity contribution in [3.8, 4) is 0 Å². The molecule has 0 bridgehead atoms. The Bertz CT molecular complexity index is 1280. The number of hydrogen-bond acceptors (Lipinski definition) is 5. The molecule has 11 heteroatoms. The van der Waals surface area contributed by atoms with E-state index in [0.29, 0.717) is 6.42 Å². The van der Waals surface area contributed by atoms with E-state index in [-0.39, 0.29) is 72.0 Å². The molecule has 3 atom stereocenters. The number of carbonyl (C=O) groups excluding carboxylic acids is 3. The number of fused-ring (bicyclic) bond motifs is 1. The van der Waals surface area contributed by atoms with E-state index in [1.807, 2.05) is 0 Å². The zero-order chi connectivity index (χ0) is 26.1. The van der Waals surface area contributed by atoms with Gasteiger partial charge in [-0.25, -0.2) is 9.82 Å². The van der Waals surface area contributed by atoms with Gasteiger partial charge >= 0.3 is 0 Å². The summed E-state index contributed by atoms with van der Waals surface area (Å²) >= 11 is 5.83. The minimum atomic E-state index is -0.587. The van der Waals surface area contributed by atoms with Crippen molar-refractivity contribution >= 4 is 29.3 Å². The maximum atomic E-state index is 14.7. The van der Waals surface area contributed by atoms with E-state index in [4.69, 9.17) is 11.6 Å². The van der Waals surface area contributed by atoms with Crippen LogP contribution in [0.4, 0.5) is 4.39 Å². The van der Waals surface area contributed by atoms with Crippen molar-refractivity contribution in [1.29, 1.82) is 0 Å². The number of nitrogens with one attached hydrogen (secondary N) is 3. The van der Waals surface area contributed by atoms with Crippen molar-refractivity contribution in [2.75, 3.05) is 26.2 Å². The number of aromatic amines is 1. The van der Waals surface area contributed by atoms with Gasteiger partial charge in [-0.1, -0.05) is 30.5 Å². The van der Waals surface area contributed by atoms with E-state index in [1.54, 1.807) is 21.9 Å². The van der Waals surface area contributed by atoms with Gasteiger partial charge < -0.3 is 14.8 Å². The van der Waals surface area contributed by atoms with Gasteiger partial charge in [0.25, 0.3) is 17.4 Å². The number of halogens is 2.